The first kappa shape index (κ1) is 21.0. The van der Waals surface area contributed by atoms with Crippen molar-refractivity contribution in [1.29, 1.82) is 0 Å². The van der Waals surface area contributed by atoms with Gasteiger partial charge >= 0.3 is 5.97 Å². The molecule has 1 N–H and O–H groups in total. The fraction of sp³-hybridized carbons (Fsp3) is 0.273. The summed E-state index contributed by atoms with van der Waals surface area (Å²) < 4.78 is 26.8. The molecule has 0 unspecified atom stereocenters. The average Bonchev–Trinajstić information content (AvgIpc) is 2.78. The lowest BCUT2D eigenvalue weighted by Crippen LogP contribution is -2.14. The van der Waals surface area contributed by atoms with Crippen molar-refractivity contribution >= 4 is 16.9 Å². The maximum atomic E-state index is 12.7. The molecule has 30 heavy (non-hydrogen) atoms. The largest absolute Gasteiger partial charge is 0.502 e. The third-order valence-corrected chi connectivity index (χ3v) is 4.80. The van der Waals surface area contributed by atoms with Crippen LogP contribution in [0.15, 0.2) is 45.6 Å². The molecule has 8 heteroatoms. The highest BCUT2D eigenvalue weighted by Crippen LogP contribution is 2.43. The first-order valence-corrected chi connectivity index (χ1v) is 9.06. The Morgan fingerprint density at radius 1 is 1.03 bits per heavy atom. The van der Waals surface area contributed by atoms with Crippen molar-refractivity contribution < 1.29 is 33.3 Å². The van der Waals surface area contributed by atoms with Gasteiger partial charge in [0.15, 0.2) is 17.3 Å². The van der Waals surface area contributed by atoms with Crippen molar-refractivity contribution in [3.05, 3.63) is 57.9 Å². The zero-order valence-corrected chi connectivity index (χ0v) is 17.1. The Morgan fingerprint density at radius 3 is 2.23 bits per heavy atom. The molecule has 0 fully saturated rings. The molecule has 3 aromatic rings. The van der Waals surface area contributed by atoms with Crippen molar-refractivity contribution in [1.82, 2.24) is 0 Å². The molecular formula is C22H22O8. The molecular weight excluding hydrogens is 392 g/mol. The van der Waals surface area contributed by atoms with Gasteiger partial charge in [-0.2, -0.15) is 0 Å². The van der Waals surface area contributed by atoms with Gasteiger partial charge in [0.2, 0.25) is 16.9 Å². The number of hydrogen-bond donors (Lipinski definition) is 1. The van der Waals surface area contributed by atoms with Gasteiger partial charge in [-0.3, -0.25) is 9.59 Å². The summed E-state index contributed by atoms with van der Waals surface area (Å²) in [7, 11) is 5.65. The number of para-hydroxylation sites is 1. The van der Waals surface area contributed by atoms with E-state index in [2.05, 4.69) is 0 Å². The monoisotopic (exact) mass is 414 g/mol. The number of ether oxygens (including phenoxy) is 4. The van der Waals surface area contributed by atoms with Gasteiger partial charge in [0.25, 0.3) is 0 Å². The van der Waals surface area contributed by atoms with Crippen molar-refractivity contribution in [3.63, 3.8) is 0 Å². The van der Waals surface area contributed by atoms with Crippen LogP contribution >= 0.6 is 0 Å². The summed E-state index contributed by atoms with van der Waals surface area (Å²) in [6.07, 6.45) is -0.190. The van der Waals surface area contributed by atoms with Crippen LogP contribution in [0.2, 0.25) is 0 Å². The molecule has 0 bridgehead atoms. The number of esters is 1. The summed E-state index contributed by atoms with van der Waals surface area (Å²) in [5, 5.41) is 10.9. The van der Waals surface area contributed by atoms with Crippen LogP contribution in [0.25, 0.3) is 11.0 Å². The predicted octanol–water partition coefficient (Wildman–Crippen LogP) is 3.22. The number of rotatable bonds is 7. The van der Waals surface area contributed by atoms with Crippen LogP contribution in [-0.2, 0) is 9.53 Å². The molecule has 0 amide bonds. The molecule has 2 aromatic carbocycles. The number of benzene rings is 2. The lowest BCUT2D eigenvalue weighted by Gasteiger charge is -2.20. The second-order valence-corrected chi connectivity index (χ2v) is 6.43. The summed E-state index contributed by atoms with van der Waals surface area (Å²) in [6, 6.07) is 9.81. The Kier molecular flexibility index (Phi) is 6.15. The van der Waals surface area contributed by atoms with Crippen LogP contribution in [-0.4, -0.2) is 39.5 Å². The van der Waals surface area contributed by atoms with E-state index in [4.69, 9.17) is 23.4 Å². The molecule has 1 heterocycles. The van der Waals surface area contributed by atoms with E-state index in [1.165, 1.54) is 28.4 Å². The third kappa shape index (κ3) is 3.76. The second kappa shape index (κ2) is 8.77. The molecule has 0 aliphatic carbocycles. The van der Waals surface area contributed by atoms with Crippen LogP contribution in [0.3, 0.4) is 0 Å². The van der Waals surface area contributed by atoms with E-state index >= 15 is 0 Å². The molecule has 0 aliphatic rings. The molecule has 0 saturated heterocycles. The molecule has 1 atom stereocenters. The van der Waals surface area contributed by atoms with Gasteiger partial charge in [-0.25, -0.2) is 0 Å². The average molecular weight is 414 g/mol. The molecule has 3 rings (SSSR count). The Morgan fingerprint density at radius 2 is 1.67 bits per heavy atom. The molecule has 1 aromatic heterocycles. The highest BCUT2D eigenvalue weighted by molar-refractivity contribution is 5.78. The number of hydrogen-bond acceptors (Lipinski definition) is 8. The maximum absolute atomic E-state index is 12.7. The molecule has 0 saturated carbocycles. The van der Waals surface area contributed by atoms with E-state index in [0.717, 1.165) is 0 Å². The van der Waals surface area contributed by atoms with Crippen LogP contribution < -0.4 is 19.6 Å². The van der Waals surface area contributed by atoms with Crippen molar-refractivity contribution in [2.75, 3.05) is 28.4 Å². The van der Waals surface area contributed by atoms with E-state index in [0.29, 0.717) is 22.8 Å². The van der Waals surface area contributed by atoms with Gasteiger partial charge in [0.05, 0.1) is 46.2 Å². The number of aromatic hydroxyl groups is 1. The van der Waals surface area contributed by atoms with Gasteiger partial charge in [-0.05, 0) is 29.8 Å². The molecule has 0 radical (unpaired) electrons. The summed E-state index contributed by atoms with van der Waals surface area (Å²) >= 11 is 0. The van der Waals surface area contributed by atoms with Crippen molar-refractivity contribution in [2.45, 2.75) is 12.3 Å². The zero-order chi connectivity index (χ0) is 21.8. The molecule has 0 spiro atoms. The van der Waals surface area contributed by atoms with E-state index in [1.807, 2.05) is 0 Å². The predicted molar refractivity (Wildman–Crippen MR) is 109 cm³/mol. The highest BCUT2D eigenvalue weighted by atomic mass is 16.5. The van der Waals surface area contributed by atoms with Crippen molar-refractivity contribution in [2.24, 2.45) is 0 Å². The summed E-state index contributed by atoms with van der Waals surface area (Å²) in [5.74, 6) is -0.958. The first-order valence-electron chi connectivity index (χ1n) is 9.06. The second-order valence-electron chi connectivity index (χ2n) is 6.43. The van der Waals surface area contributed by atoms with E-state index < -0.39 is 23.1 Å². The lowest BCUT2D eigenvalue weighted by atomic mass is 9.91. The number of carbonyl (C=O) groups excluding carboxylic acids is 1. The van der Waals surface area contributed by atoms with Gasteiger partial charge in [-0.15, -0.1) is 0 Å². The standard InChI is InChI=1S/C22H22O8/c1-26-16-9-12(10-17(27-2)22(16)29-4)14(11-18(23)28-3)21-20(25)19(24)13-7-5-6-8-15(13)30-21/h5-10,14,25H,11H2,1-4H3/t14-/m1/s1. The van der Waals surface area contributed by atoms with E-state index in [-0.39, 0.29) is 23.2 Å². The minimum absolute atomic E-state index is 0.0571. The Bertz CT molecular complexity index is 1110. The molecule has 8 nitrogen and oxygen atoms in total. The normalized spacial score (nSPS) is 11.7. The zero-order valence-electron chi connectivity index (χ0n) is 17.1. The maximum Gasteiger partial charge on any atom is 0.306 e. The van der Waals surface area contributed by atoms with Crippen molar-refractivity contribution in [3.8, 4) is 23.0 Å². The molecule has 158 valence electrons. The van der Waals surface area contributed by atoms with Gasteiger partial charge < -0.3 is 28.5 Å². The van der Waals surface area contributed by atoms with Crippen LogP contribution in [0.1, 0.15) is 23.7 Å². The number of carbonyl (C=O) groups is 1. The smallest absolute Gasteiger partial charge is 0.306 e. The highest BCUT2D eigenvalue weighted by Gasteiger charge is 2.29. The Hall–Kier alpha value is -3.68. The van der Waals surface area contributed by atoms with Gasteiger partial charge in [-0.1, -0.05) is 12.1 Å². The van der Waals surface area contributed by atoms with Crippen LogP contribution in [0, 0.1) is 0 Å². The fourth-order valence-corrected chi connectivity index (χ4v) is 3.30. The van der Waals surface area contributed by atoms with Crippen LogP contribution in [0.5, 0.6) is 23.0 Å². The Labute approximate surface area is 172 Å². The molecule has 0 aliphatic heterocycles. The van der Waals surface area contributed by atoms with Gasteiger partial charge in [0.1, 0.15) is 5.58 Å². The topological polar surface area (TPSA) is 104 Å². The summed E-state index contributed by atoms with van der Waals surface area (Å²) in [4.78, 5) is 24.8. The SMILES string of the molecule is COC(=O)C[C@H](c1cc(OC)c(OC)c(OC)c1)c1oc2ccccc2c(=O)c1O. The van der Waals surface area contributed by atoms with E-state index in [9.17, 15) is 14.7 Å². The quantitative estimate of drug-likeness (QED) is 0.588. The minimum atomic E-state index is -0.844. The third-order valence-electron chi connectivity index (χ3n) is 4.80. The summed E-state index contributed by atoms with van der Waals surface area (Å²) in [5.41, 5.74) is 0.204. The lowest BCUT2D eigenvalue weighted by molar-refractivity contribution is -0.140. The number of fused-ring (bicyclic) bond motifs is 1. The van der Waals surface area contributed by atoms with E-state index in [1.54, 1.807) is 36.4 Å². The minimum Gasteiger partial charge on any atom is -0.502 e. The van der Waals surface area contributed by atoms with Crippen LogP contribution in [0.4, 0.5) is 0 Å². The number of methoxy groups -OCH3 is 4. The fourth-order valence-electron chi connectivity index (χ4n) is 3.30. The Balaban J connectivity index is 2.28. The first-order chi connectivity index (χ1) is 14.4. The van der Waals surface area contributed by atoms with Gasteiger partial charge in [0, 0.05) is 0 Å². The summed E-state index contributed by atoms with van der Waals surface area (Å²) in [6.45, 7) is 0.